The Labute approximate surface area is 130 Å². The highest BCUT2D eigenvalue weighted by Gasteiger charge is 2.18. The van der Waals surface area contributed by atoms with Crippen LogP contribution in [-0.4, -0.2) is 22.8 Å². The van der Waals surface area contributed by atoms with E-state index in [1.165, 1.54) is 0 Å². The number of carbonyl (C=O) groups excluding carboxylic acids is 2. The molecule has 0 bridgehead atoms. The van der Waals surface area contributed by atoms with Crippen molar-refractivity contribution in [1.29, 1.82) is 0 Å². The number of carbonyl (C=O) groups is 2. The summed E-state index contributed by atoms with van der Waals surface area (Å²) in [6.07, 6.45) is 5.89. The minimum atomic E-state index is -0.310. The van der Waals surface area contributed by atoms with E-state index >= 15 is 0 Å². The van der Waals surface area contributed by atoms with Gasteiger partial charge in [-0.1, -0.05) is 55.7 Å². The molecule has 19 heavy (non-hydrogen) atoms. The number of halogens is 1. The lowest BCUT2D eigenvalue weighted by Gasteiger charge is -2.16. The zero-order valence-corrected chi connectivity index (χ0v) is 14.2. The summed E-state index contributed by atoms with van der Waals surface area (Å²) in [5.74, 6) is -0.489. The van der Waals surface area contributed by atoms with Gasteiger partial charge < -0.3 is 11.1 Å². The molecule has 0 aliphatic heterocycles. The van der Waals surface area contributed by atoms with Crippen molar-refractivity contribution in [1.82, 2.24) is 5.32 Å². The van der Waals surface area contributed by atoms with E-state index in [0.717, 1.165) is 43.0 Å². The maximum absolute atomic E-state index is 11.8. The zero-order chi connectivity index (χ0) is 14.7. The molecule has 2 atom stereocenters. The van der Waals surface area contributed by atoms with E-state index < -0.39 is 0 Å². The van der Waals surface area contributed by atoms with Crippen molar-refractivity contribution in [2.45, 2.75) is 52.4 Å². The number of unbranched alkanes of at least 4 members (excludes halogenated alkanes) is 2. The minimum absolute atomic E-state index is 0.0165. The normalized spacial score (nSPS) is 13.8. The molecule has 2 amide bonds. The number of hydrogen-bond acceptors (Lipinski definition) is 2. The van der Waals surface area contributed by atoms with Crippen molar-refractivity contribution in [3.05, 3.63) is 0 Å². The molecule has 0 saturated carbocycles. The number of hydrogen-bond donors (Lipinski definition) is 2. The molecule has 112 valence electrons. The molecule has 0 aromatic rings. The van der Waals surface area contributed by atoms with E-state index in [9.17, 15) is 9.59 Å². The van der Waals surface area contributed by atoms with Crippen molar-refractivity contribution in [2.75, 3.05) is 11.0 Å². The van der Waals surface area contributed by atoms with Crippen molar-refractivity contribution in [3.8, 4) is 0 Å². The molecule has 2 unspecified atom stereocenters. The first-order chi connectivity index (χ1) is 9.02. The topological polar surface area (TPSA) is 72.2 Å². The lowest BCUT2D eigenvalue weighted by Crippen LogP contribution is -2.38. The SMILES string of the molecule is CCCCC(C)C(=O)NCC(CCCCI)C(N)=O. The van der Waals surface area contributed by atoms with Crippen LogP contribution in [0.15, 0.2) is 0 Å². The van der Waals surface area contributed by atoms with Gasteiger partial charge in [-0.2, -0.15) is 0 Å². The molecular formula is C14H27IN2O2. The summed E-state index contributed by atoms with van der Waals surface area (Å²) in [6, 6.07) is 0. The predicted molar refractivity (Wildman–Crippen MR) is 87.1 cm³/mol. The number of amides is 2. The second kappa shape index (κ2) is 11.5. The summed E-state index contributed by atoms with van der Waals surface area (Å²) in [4.78, 5) is 23.2. The number of primary amides is 1. The zero-order valence-electron chi connectivity index (χ0n) is 12.1. The van der Waals surface area contributed by atoms with Gasteiger partial charge in [0.1, 0.15) is 0 Å². The van der Waals surface area contributed by atoms with E-state index in [1.54, 1.807) is 0 Å². The molecule has 0 aliphatic carbocycles. The standard InChI is InChI=1S/C14H27IN2O2/c1-3-4-7-11(2)14(19)17-10-12(13(16)18)8-5-6-9-15/h11-12H,3-10H2,1-2H3,(H2,16,18)(H,17,19). The summed E-state index contributed by atoms with van der Waals surface area (Å²) in [5.41, 5.74) is 5.37. The van der Waals surface area contributed by atoms with Crippen LogP contribution in [-0.2, 0) is 9.59 Å². The van der Waals surface area contributed by atoms with Gasteiger partial charge >= 0.3 is 0 Å². The Bertz CT molecular complexity index is 272. The molecule has 0 aliphatic rings. The highest BCUT2D eigenvalue weighted by Crippen LogP contribution is 2.10. The van der Waals surface area contributed by atoms with Gasteiger partial charge in [0.15, 0.2) is 0 Å². The van der Waals surface area contributed by atoms with Crippen LogP contribution in [0.2, 0.25) is 0 Å². The Balaban J connectivity index is 4.02. The van der Waals surface area contributed by atoms with Gasteiger partial charge in [-0.15, -0.1) is 0 Å². The first-order valence-corrected chi connectivity index (χ1v) is 8.68. The first kappa shape index (κ1) is 18.7. The highest BCUT2D eigenvalue weighted by atomic mass is 127. The van der Waals surface area contributed by atoms with Gasteiger partial charge in [0.2, 0.25) is 11.8 Å². The van der Waals surface area contributed by atoms with Gasteiger partial charge in [0, 0.05) is 12.5 Å². The molecule has 3 N–H and O–H groups in total. The molecule has 4 nitrogen and oxygen atoms in total. The summed E-state index contributed by atoms with van der Waals surface area (Å²) in [6.45, 7) is 4.42. The van der Waals surface area contributed by atoms with Crippen molar-refractivity contribution in [2.24, 2.45) is 17.6 Å². The Hall–Kier alpha value is -0.330. The van der Waals surface area contributed by atoms with Crippen LogP contribution < -0.4 is 11.1 Å². The average molecular weight is 382 g/mol. The van der Waals surface area contributed by atoms with Crippen LogP contribution in [0.1, 0.15) is 52.4 Å². The quantitative estimate of drug-likeness (QED) is 0.328. The first-order valence-electron chi connectivity index (χ1n) is 7.15. The van der Waals surface area contributed by atoms with Crippen LogP contribution in [0, 0.1) is 11.8 Å². The number of rotatable bonds is 11. The molecule has 0 aromatic heterocycles. The molecule has 0 heterocycles. The van der Waals surface area contributed by atoms with Gasteiger partial charge in [0.05, 0.1) is 5.92 Å². The van der Waals surface area contributed by atoms with Crippen LogP contribution in [0.3, 0.4) is 0 Å². The third kappa shape index (κ3) is 9.24. The van der Waals surface area contributed by atoms with Gasteiger partial charge in [0.25, 0.3) is 0 Å². The molecule has 0 fully saturated rings. The summed E-state index contributed by atoms with van der Waals surface area (Å²) in [7, 11) is 0. The van der Waals surface area contributed by atoms with Crippen LogP contribution in [0.4, 0.5) is 0 Å². The average Bonchev–Trinajstić information content (AvgIpc) is 2.39. The second-order valence-electron chi connectivity index (χ2n) is 5.07. The largest absolute Gasteiger partial charge is 0.369 e. The number of nitrogens with two attached hydrogens (primary N) is 1. The Morgan fingerprint density at radius 3 is 2.42 bits per heavy atom. The fourth-order valence-corrected chi connectivity index (χ4v) is 2.41. The summed E-state index contributed by atoms with van der Waals surface area (Å²) in [5, 5.41) is 2.86. The van der Waals surface area contributed by atoms with Crippen LogP contribution in [0.5, 0.6) is 0 Å². The maximum Gasteiger partial charge on any atom is 0.222 e. The monoisotopic (exact) mass is 382 g/mol. The van der Waals surface area contributed by atoms with Gasteiger partial charge in [-0.05, 0) is 23.7 Å². The van der Waals surface area contributed by atoms with Gasteiger partial charge in [-0.25, -0.2) is 0 Å². The van der Waals surface area contributed by atoms with Gasteiger partial charge in [-0.3, -0.25) is 9.59 Å². The third-order valence-electron chi connectivity index (χ3n) is 3.30. The second-order valence-corrected chi connectivity index (χ2v) is 6.15. The van der Waals surface area contributed by atoms with E-state index in [0.29, 0.717) is 6.54 Å². The smallest absolute Gasteiger partial charge is 0.222 e. The molecule has 0 aromatic carbocycles. The molecule has 5 heteroatoms. The Morgan fingerprint density at radius 1 is 1.21 bits per heavy atom. The molecular weight excluding hydrogens is 355 g/mol. The van der Waals surface area contributed by atoms with Crippen molar-refractivity contribution in [3.63, 3.8) is 0 Å². The van der Waals surface area contributed by atoms with Crippen LogP contribution in [0.25, 0.3) is 0 Å². The summed E-state index contributed by atoms with van der Waals surface area (Å²) >= 11 is 2.32. The number of nitrogens with one attached hydrogen (secondary N) is 1. The van der Waals surface area contributed by atoms with E-state index in [1.807, 2.05) is 6.92 Å². The van der Waals surface area contributed by atoms with E-state index in [-0.39, 0.29) is 23.7 Å². The van der Waals surface area contributed by atoms with Crippen LogP contribution >= 0.6 is 22.6 Å². The fourth-order valence-electron chi connectivity index (χ4n) is 1.87. The highest BCUT2D eigenvalue weighted by molar-refractivity contribution is 14.1. The predicted octanol–water partition coefficient (Wildman–Crippen LogP) is 2.64. The molecule has 0 rings (SSSR count). The minimum Gasteiger partial charge on any atom is -0.369 e. The van der Waals surface area contributed by atoms with Crippen molar-refractivity contribution < 1.29 is 9.59 Å². The fraction of sp³-hybridized carbons (Fsp3) is 0.857. The number of alkyl halides is 1. The molecule has 0 saturated heterocycles. The van der Waals surface area contributed by atoms with E-state index in [4.69, 9.17) is 5.73 Å². The lowest BCUT2D eigenvalue weighted by atomic mass is 10.00. The van der Waals surface area contributed by atoms with E-state index in [2.05, 4.69) is 34.8 Å². The lowest BCUT2D eigenvalue weighted by molar-refractivity contribution is -0.125. The molecule has 0 radical (unpaired) electrons. The molecule has 0 spiro atoms. The summed E-state index contributed by atoms with van der Waals surface area (Å²) < 4.78 is 1.09. The Kier molecular flexibility index (Phi) is 11.3. The third-order valence-corrected chi connectivity index (χ3v) is 4.06. The van der Waals surface area contributed by atoms with Crippen molar-refractivity contribution >= 4 is 34.4 Å². The maximum atomic E-state index is 11.8. The Morgan fingerprint density at radius 2 is 1.89 bits per heavy atom.